The summed E-state index contributed by atoms with van der Waals surface area (Å²) in [6, 6.07) is 1.94. The maximum Gasteiger partial charge on any atom is 0.225 e. The largest absolute Gasteiger partial charge is 0.378 e. The van der Waals surface area contributed by atoms with E-state index in [1.165, 1.54) is 0 Å². The van der Waals surface area contributed by atoms with Gasteiger partial charge in [-0.2, -0.15) is 0 Å². The van der Waals surface area contributed by atoms with Crippen molar-refractivity contribution >= 4 is 11.9 Å². The molecule has 2 aliphatic rings. The molecule has 2 aromatic rings. The Morgan fingerprint density at radius 2 is 2.03 bits per heavy atom. The molecule has 0 radical (unpaired) electrons. The summed E-state index contributed by atoms with van der Waals surface area (Å²) in [4.78, 5) is 23.5. The number of aryl methyl sites for hydroxylation is 1. The zero-order valence-corrected chi connectivity index (χ0v) is 19.5. The monoisotopic (exact) mass is 441 g/mol. The molecule has 0 spiro atoms. The van der Waals surface area contributed by atoms with Crippen molar-refractivity contribution < 1.29 is 14.1 Å². The van der Waals surface area contributed by atoms with Gasteiger partial charge in [-0.3, -0.25) is 4.79 Å². The van der Waals surface area contributed by atoms with Gasteiger partial charge in [-0.1, -0.05) is 5.16 Å². The molecule has 1 atom stereocenters. The fraction of sp³-hybridized carbons (Fsp3) is 0.667. The summed E-state index contributed by atoms with van der Waals surface area (Å²) in [6.45, 7) is 3.52. The van der Waals surface area contributed by atoms with Crippen LogP contribution in [0.5, 0.6) is 0 Å². The first-order valence-corrected chi connectivity index (χ1v) is 11.9. The Morgan fingerprint density at radius 3 is 2.69 bits per heavy atom. The Hall–Kier alpha value is -2.48. The SMILES string of the molecule is Cc1cc(-c2cnc(N(C)C)nc2C2CCC(CNC(=O)CC[C@H]3CCCO3)CC2)on1. The number of nitrogens with one attached hydrogen (secondary N) is 1. The minimum absolute atomic E-state index is 0.150. The lowest BCUT2D eigenvalue weighted by molar-refractivity contribution is -0.121. The first-order chi connectivity index (χ1) is 15.5. The predicted octanol–water partition coefficient (Wildman–Crippen LogP) is 3.86. The van der Waals surface area contributed by atoms with E-state index in [0.29, 0.717) is 24.2 Å². The third kappa shape index (κ3) is 5.65. The molecule has 1 N–H and O–H groups in total. The second-order valence-corrected chi connectivity index (χ2v) is 9.39. The second kappa shape index (κ2) is 10.4. The Kier molecular flexibility index (Phi) is 7.40. The van der Waals surface area contributed by atoms with Crippen molar-refractivity contribution in [2.75, 3.05) is 32.1 Å². The van der Waals surface area contributed by atoms with Crippen molar-refractivity contribution in [3.63, 3.8) is 0 Å². The molecule has 2 aromatic heterocycles. The fourth-order valence-corrected chi connectivity index (χ4v) is 4.74. The van der Waals surface area contributed by atoms with Crippen LogP contribution < -0.4 is 10.2 Å². The van der Waals surface area contributed by atoms with E-state index in [1.54, 1.807) is 0 Å². The molecule has 0 aromatic carbocycles. The molecule has 1 amide bonds. The van der Waals surface area contributed by atoms with Gasteiger partial charge in [0.25, 0.3) is 0 Å². The summed E-state index contributed by atoms with van der Waals surface area (Å²) < 4.78 is 11.1. The highest BCUT2D eigenvalue weighted by Crippen LogP contribution is 2.39. The lowest BCUT2D eigenvalue weighted by Gasteiger charge is -2.29. The average molecular weight is 442 g/mol. The highest BCUT2D eigenvalue weighted by molar-refractivity contribution is 5.75. The average Bonchev–Trinajstić information content (AvgIpc) is 3.48. The van der Waals surface area contributed by atoms with Gasteiger partial charge in [0, 0.05) is 51.8 Å². The minimum Gasteiger partial charge on any atom is -0.378 e. The van der Waals surface area contributed by atoms with Gasteiger partial charge in [-0.25, -0.2) is 9.97 Å². The predicted molar refractivity (Wildman–Crippen MR) is 123 cm³/mol. The van der Waals surface area contributed by atoms with Gasteiger partial charge in [0.05, 0.1) is 23.1 Å². The molecule has 3 heterocycles. The molecule has 8 nitrogen and oxygen atoms in total. The molecule has 4 rings (SSSR count). The Morgan fingerprint density at radius 1 is 1.22 bits per heavy atom. The van der Waals surface area contributed by atoms with Crippen LogP contribution in [0.4, 0.5) is 5.95 Å². The third-order valence-electron chi connectivity index (χ3n) is 6.64. The zero-order valence-electron chi connectivity index (χ0n) is 19.5. The van der Waals surface area contributed by atoms with Crippen LogP contribution in [0, 0.1) is 12.8 Å². The fourth-order valence-electron chi connectivity index (χ4n) is 4.74. The molecular weight excluding hydrogens is 406 g/mol. The number of carbonyl (C=O) groups is 1. The topological polar surface area (TPSA) is 93.4 Å². The third-order valence-corrected chi connectivity index (χ3v) is 6.64. The number of hydrogen-bond donors (Lipinski definition) is 1. The van der Waals surface area contributed by atoms with Crippen molar-refractivity contribution in [2.45, 2.75) is 70.3 Å². The van der Waals surface area contributed by atoms with Gasteiger partial charge in [0.1, 0.15) is 0 Å². The molecule has 0 bridgehead atoms. The van der Waals surface area contributed by atoms with Gasteiger partial charge in [0.15, 0.2) is 5.76 Å². The van der Waals surface area contributed by atoms with E-state index in [1.807, 2.05) is 38.2 Å². The lowest BCUT2D eigenvalue weighted by atomic mass is 9.79. The van der Waals surface area contributed by atoms with Crippen LogP contribution in [-0.2, 0) is 9.53 Å². The smallest absolute Gasteiger partial charge is 0.225 e. The van der Waals surface area contributed by atoms with Gasteiger partial charge in [-0.15, -0.1) is 0 Å². The maximum absolute atomic E-state index is 12.2. The van der Waals surface area contributed by atoms with Crippen LogP contribution >= 0.6 is 0 Å². The van der Waals surface area contributed by atoms with E-state index in [-0.39, 0.29) is 12.0 Å². The zero-order chi connectivity index (χ0) is 22.5. The number of amides is 1. The van der Waals surface area contributed by atoms with E-state index in [0.717, 1.165) is 80.8 Å². The number of carbonyl (C=O) groups excluding carboxylic acids is 1. The van der Waals surface area contributed by atoms with Crippen LogP contribution in [-0.4, -0.2) is 54.4 Å². The normalized spacial score (nSPS) is 23.3. The molecule has 1 aliphatic carbocycles. The van der Waals surface area contributed by atoms with Crippen LogP contribution in [0.15, 0.2) is 16.8 Å². The molecule has 1 saturated heterocycles. The Balaban J connectivity index is 1.33. The van der Waals surface area contributed by atoms with E-state index >= 15 is 0 Å². The first kappa shape index (κ1) is 22.7. The van der Waals surface area contributed by atoms with Crippen molar-refractivity contribution in [3.05, 3.63) is 23.7 Å². The lowest BCUT2D eigenvalue weighted by Crippen LogP contribution is -2.31. The summed E-state index contributed by atoms with van der Waals surface area (Å²) in [6.07, 6.45) is 9.98. The van der Waals surface area contributed by atoms with Crippen LogP contribution in [0.1, 0.15) is 68.7 Å². The number of hydrogen-bond acceptors (Lipinski definition) is 7. The summed E-state index contributed by atoms with van der Waals surface area (Å²) >= 11 is 0. The van der Waals surface area contributed by atoms with Gasteiger partial charge in [0.2, 0.25) is 11.9 Å². The van der Waals surface area contributed by atoms with Crippen molar-refractivity contribution in [3.8, 4) is 11.3 Å². The summed E-state index contributed by atoms with van der Waals surface area (Å²) in [7, 11) is 3.91. The number of rotatable bonds is 8. The van der Waals surface area contributed by atoms with Crippen LogP contribution in [0.25, 0.3) is 11.3 Å². The van der Waals surface area contributed by atoms with Crippen molar-refractivity contribution in [1.82, 2.24) is 20.4 Å². The van der Waals surface area contributed by atoms with Gasteiger partial charge >= 0.3 is 0 Å². The molecule has 8 heteroatoms. The molecule has 174 valence electrons. The highest BCUT2D eigenvalue weighted by Gasteiger charge is 2.28. The standard InChI is InChI=1S/C24H35N5O3/c1-16-13-21(32-28-16)20-15-26-24(29(2)3)27-23(20)18-8-6-17(7-9-18)14-25-22(30)11-10-19-5-4-12-31-19/h13,15,17-19H,4-12,14H2,1-3H3,(H,25,30)/t17?,18?,19-/m1/s1. The molecule has 32 heavy (non-hydrogen) atoms. The Labute approximate surface area is 190 Å². The van der Waals surface area contributed by atoms with Crippen molar-refractivity contribution in [2.24, 2.45) is 5.92 Å². The van der Waals surface area contributed by atoms with Gasteiger partial charge in [-0.05, 0) is 57.8 Å². The number of anilines is 1. The van der Waals surface area contributed by atoms with E-state index < -0.39 is 0 Å². The van der Waals surface area contributed by atoms with Crippen molar-refractivity contribution in [1.29, 1.82) is 0 Å². The Bertz CT molecular complexity index is 899. The summed E-state index contributed by atoms with van der Waals surface area (Å²) in [5, 5.41) is 7.19. The van der Waals surface area contributed by atoms with E-state index in [2.05, 4.69) is 15.5 Å². The molecule has 1 saturated carbocycles. The molecular formula is C24H35N5O3. The quantitative estimate of drug-likeness (QED) is 0.665. The number of ether oxygens (including phenoxy) is 1. The minimum atomic E-state index is 0.150. The molecule has 2 fully saturated rings. The first-order valence-electron chi connectivity index (χ1n) is 11.9. The molecule has 0 unspecified atom stereocenters. The summed E-state index contributed by atoms with van der Waals surface area (Å²) in [5.41, 5.74) is 2.82. The summed E-state index contributed by atoms with van der Waals surface area (Å²) in [5.74, 6) is 2.45. The van der Waals surface area contributed by atoms with Gasteiger partial charge < -0.3 is 19.5 Å². The molecule has 1 aliphatic heterocycles. The number of aromatic nitrogens is 3. The number of nitrogens with zero attached hydrogens (tertiary/aromatic N) is 4. The van der Waals surface area contributed by atoms with E-state index in [4.69, 9.17) is 14.2 Å². The van der Waals surface area contributed by atoms with Crippen LogP contribution in [0.3, 0.4) is 0 Å². The highest BCUT2D eigenvalue weighted by atomic mass is 16.5. The second-order valence-electron chi connectivity index (χ2n) is 9.39. The maximum atomic E-state index is 12.2. The van der Waals surface area contributed by atoms with Crippen LogP contribution in [0.2, 0.25) is 0 Å². The van der Waals surface area contributed by atoms with E-state index in [9.17, 15) is 4.79 Å².